The summed E-state index contributed by atoms with van der Waals surface area (Å²) < 4.78 is 13.2. The van der Waals surface area contributed by atoms with Crippen LogP contribution < -0.4 is 11.1 Å². The Morgan fingerprint density at radius 1 is 1.44 bits per heavy atom. The molecule has 0 spiro atoms. The lowest BCUT2D eigenvalue weighted by Gasteiger charge is -2.13. The molecule has 1 unspecified atom stereocenters. The molecular formula is C14H21FN2O. The van der Waals surface area contributed by atoms with E-state index in [-0.39, 0.29) is 17.6 Å². The van der Waals surface area contributed by atoms with Crippen molar-refractivity contribution in [3.05, 3.63) is 29.6 Å². The highest BCUT2D eigenvalue weighted by atomic mass is 19.1. The Morgan fingerprint density at radius 2 is 2.17 bits per heavy atom. The molecule has 1 rings (SSSR count). The summed E-state index contributed by atoms with van der Waals surface area (Å²) in [6, 6.07) is 4.21. The molecule has 3 N–H and O–H groups in total. The molecule has 0 aliphatic heterocycles. The van der Waals surface area contributed by atoms with Crippen LogP contribution in [0.5, 0.6) is 0 Å². The van der Waals surface area contributed by atoms with Crippen molar-refractivity contribution in [2.75, 3.05) is 5.73 Å². The second-order valence-electron chi connectivity index (χ2n) is 4.61. The first-order valence-electron chi connectivity index (χ1n) is 6.40. The van der Waals surface area contributed by atoms with Crippen molar-refractivity contribution in [3.63, 3.8) is 0 Å². The number of unbranched alkanes of at least 4 members (excludes halogenated alkanes) is 2. The van der Waals surface area contributed by atoms with E-state index in [4.69, 9.17) is 5.73 Å². The number of carbonyl (C=O) groups is 1. The van der Waals surface area contributed by atoms with Crippen LogP contribution in [0.25, 0.3) is 0 Å². The molecule has 0 aliphatic carbocycles. The quantitative estimate of drug-likeness (QED) is 0.603. The van der Waals surface area contributed by atoms with E-state index in [1.807, 2.05) is 6.92 Å². The van der Waals surface area contributed by atoms with Gasteiger partial charge in [-0.05, 0) is 31.5 Å². The first-order chi connectivity index (χ1) is 8.54. The van der Waals surface area contributed by atoms with Crippen LogP contribution in [0.15, 0.2) is 18.2 Å². The van der Waals surface area contributed by atoms with Gasteiger partial charge in [-0.25, -0.2) is 4.39 Å². The van der Waals surface area contributed by atoms with Crippen molar-refractivity contribution in [2.24, 2.45) is 0 Å². The molecule has 1 amide bonds. The Kier molecular flexibility index (Phi) is 5.62. The number of nitrogens with two attached hydrogens (primary N) is 1. The number of hydrogen-bond acceptors (Lipinski definition) is 2. The van der Waals surface area contributed by atoms with E-state index >= 15 is 0 Å². The van der Waals surface area contributed by atoms with Crippen molar-refractivity contribution >= 4 is 11.6 Å². The van der Waals surface area contributed by atoms with E-state index in [2.05, 4.69) is 12.2 Å². The van der Waals surface area contributed by atoms with Gasteiger partial charge in [-0.3, -0.25) is 4.79 Å². The largest absolute Gasteiger partial charge is 0.396 e. The number of hydrogen-bond donors (Lipinski definition) is 2. The second kappa shape index (κ2) is 6.99. The van der Waals surface area contributed by atoms with Gasteiger partial charge in [0, 0.05) is 11.6 Å². The minimum Gasteiger partial charge on any atom is -0.396 e. The van der Waals surface area contributed by atoms with Gasteiger partial charge in [0.1, 0.15) is 5.82 Å². The summed E-state index contributed by atoms with van der Waals surface area (Å²) in [6.45, 7) is 4.10. The van der Waals surface area contributed by atoms with Crippen LogP contribution >= 0.6 is 0 Å². The molecular weight excluding hydrogens is 231 g/mol. The zero-order chi connectivity index (χ0) is 13.5. The lowest BCUT2D eigenvalue weighted by molar-refractivity contribution is 0.0937. The van der Waals surface area contributed by atoms with Gasteiger partial charge in [-0.15, -0.1) is 0 Å². The van der Waals surface area contributed by atoms with E-state index < -0.39 is 5.82 Å². The number of amides is 1. The lowest BCUT2D eigenvalue weighted by Crippen LogP contribution is -2.32. The van der Waals surface area contributed by atoms with Gasteiger partial charge in [0.15, 0.2) is 0 Å². The number of anilines is 1. The molecule has 4 heteroatoms. The van der Waals surface area contributed by atoms with Crippen molar-refractivity contribution in [3.8, 4) is 0 Å². The van der Waals surface area contributed by atoms with Gasteiger partial charge >= 0.3 is 0 Å². The third kappa shape index (κ3) is 4.35. The van der Waals surface area contributed by atoms with Gasteiger partial charge in [0.25, 0.3) is 5.91 Å². The summed E-state index contributed by atoms with van der Waals surface area (Å²) in [4.78, 5) is 11.8. The van der Waals surface area contributed by atoms with Crippen LogP contribution in [-0.4, -0.2) is 11.9 Å². The number of nitrogen functional groups attached to an aromatic ring is 1. The van der Waals surface area contributed by atoms with Crippen LogP contribution in [0.2, 0.25) is 0 Å². The zero-order valence-corrected chi connectivity index (χ0v) is 11.0. The zero-order valence-electron chi connectivity index (χ0n) is 11.0. The molecule has 3 nitrogen and oxygen atoms in total. The van der Waals surface area contributed by atoms with Crippen LogP contribution in [0.4, 0.5) is 10.1 Å². The third-order valence-electron chi connectivity index (χ3n) is 2.88. The Morgan fingerprint density at radius 3 is 2.78 bits per heavy atom. The fourth-order valence-electron chi connectivity index (χ4n) is 1.75. The normalized spacial score (nSPS) is 12.2. The number of halogens is 1. The maximum absolute atomic E-state index is 13.2. The minimum absolute atomic E-state index is 0.0579. The molecule has 0 aromatic heterocycles. The van der Waals surface area contributed by atoms with E-state index in [0.29, 0.717) is 5.56 Å². The van der Waals surface area contributed by atoms with Crippen molar-refractivity contribution in [1.29, 1.82) is 0 Å². The highest BCUT2D eigenvalue weighted by molar-refractivity contribution is 5.94. The summed E-state index contributed by atoms with van der Waals surface area (Å²) >= 11 is 0. The predicted octanol–water partition coefficient (Wildman–Crippen LogP) is 3.11. The Balaban J connectivity index is 2.51. The second-order valence-corrected chi connectivity index (χ2v) is 4.61. The molecule has 1 aromatic rings. The smallest absolute Gasteiger partial charge is 0.251 e. The Hall–Kier alpha value is -1.58. The number of nitrogens with one attached hydrogen (secondary N) is 1. The molecule has 0 heterocycles. The monoisotopic (exact) mass is 252 g/mol. The van der Waals surface area contributed by atoms with Gasteiger partial charge in [0.05, 0.1) is 5.69 Å². The van der Waals surface area contributed by atoms with Crippen LogP contribution in [-0.2, 0) is 0 Å². The molecule has 0 bridgehead atoms. The predicted molar refractivity (Wildman–Crippen MR) is 71.9 cm³/mol. The summed E-state index contributed by atoms with van der Waals surface area (Å²) in [5, 5.41) is 2.86. The Bertz CT molecular complexity index is 407. The van der Waals surface area contributed by atoms with Gasteiger partial charge in [0.2, 0.25) is 0 Å². The molecule has 0 aliphatic rings. The molecule has 0 radical (unpaired) electrons. The van der Waals surface area contributed by atoms with E-state index in [9.17, 15) is 9.18 Å². The van der Waals surface area contributed by atoms with Gasteiger partial charge in [-0.2, -0.15) is 0 Å². The first kappa shape index (κ1) is 14.5. The summed E-state index contributed by atoms with van der Waals surface area (Å²) in [5.74, 6) is -0.806. The van der Waals surface area contributed by atoms with E-state index in [1.165, 1.54) is 18.2 Å². The van der Waals surface area contributed by atoms with E-state index in [0.717, 1.165) is 25.7 Å². The maximum atomic E-state index is 13.2. The fourth-order valence-corrected chi connectivity index (χ4v) is 1.75. The van der Waals surface area contributed by atoms with Crippen LogP contribution in [0.1, 0.15) is 49.9 Å². The fraction of sp³-hybridized carbons (Fsp3) is 0.500. The van der Waals surface area contributed by atoms with Gasteiger partial charge in [-0.1, -0.05) is 26.2 Å². The van der Waals surface area contributed by atoms with Crippen LogP contribution in [0.3, 0.4) is 0 Å². The molecule has 1 aromatic carbocycles. The number of benzene rings is 1. The third-order valence-corrected chi connectivity index (χ3v) is 2.88. The lowest BCUT2D eigenvalue weighted by atomic mass is 10.1. The molecule has 100 valence electrons. The maximum Gasteiger partial charge on any atom is 0.251 e. The highest BCUT2D eigenvalue weighted by Crippen LogP contribution is 2.12. The standard InChI is InChI=1S/C14H21FN2O/c1-3-4-5-6-10(2)17-14(18)11-7-8-13(16)12(15)9-11/h7-10H,3-6,16H2,1-2H3,(H,17,18). The average molecular weight is 252 g/mol. The van der Waals surface area contributed by atoms with Crippen LogP contribution in [0, 0.1) is 5.82 Å². The molecule has 18 heavy (non-hydrogen) atoms. The SMILES string of the molecule is CCCCCC(C)NC(=O)c1ccc(N)c(F)c1. The number of rotatable bonds is 6. The van der Waals surface area contributed by atoms with Gasteiger partial charge < -0.3 is 11.1 Å². The number of carbonyl (C=O) groups excluding carboxylic acids is 1. The first-order valence-corrected chi connectivity index (χ1v) is 6.40. The summed E-state index contributed by atoms with van der Waals surface area (Å²) in [5.41, 5.74) is 5.73. The summed E-state index contributed by atoms with van der Waals surface area (Å²) in [7, 11) is 0. The highest BCUT2D eigenvalue weighted by Gasteiger charge is 2.11. The Labute approximate surface area is 108 Å². The molecule has 0 fully saturated rings. The van der Waals surface area contributed by atoms with Crippen molar-refractivity contribution in [2.45, 2.75) is 45.6 Å². The molecule has 0 saturated heterocycles. The molecule has 1 atom stereocenters. The topological polar surface area (TPSA) is 55.1 Å². The van der Waals surface area contributed by atoms with Crippen molar-refractivity contribution < 1.29 is 9.18 Å². The van der Waals surface area contributed by atoms with Crippen molar-refractivity contribution in [1.82, 2.24) is 5.32 Å². The summed E-state index contributed by atoms with van der Waals surface area (Å²) in [6.07, 6.45) is 4.35. The minimum atomic E-state index is -0.554. The molecule has 0 saturated carbocycles. The van der Waals surface area contributed by atoms with E-state index in [1.54, 1.807) is 0 Å². The average Bonchev–Trinajstić information content (AvgIpc) is 2.33.